The van der Waals surface area contributed by atoms with Crippen molar-refractivity contribution < 1.29 is 0 Å². The normalized spacial score (nSPS) is 12.2. The minimum absolute atomic E-state index is 0.0725. The van der Waals surface area contributed by atoms with E-state index in [1.807, 2.05) is 6.08 Å². The molecule has 1 atom stereocenters. The first-order valence-electron chi connectivity index (χ1n) is 5.94. The van der Waals surface area contributed by atoms with E-state index >= 15 is 0 Å². The van der Waals surface area contributed by atoms with Crippen LogP contribution < -0.4 is 10.6 Å². The predicted octanol–water partition coefficient (Wildman–Crippen LogP) is 3.11. The van der Waals surface area contributed by atoms with Gasteiger partial charge in [0, 0.05) is 24.8 Å². The molecule has 0 bridgehead atoms. The summed E-state index contributed by atoms with van der Waals surface area (Å²) in [6.07, 6.45) is 2.69. The number of hydrogen-bond acceptors (Lipinski definition) is 2. The van der Waals surface area contributed by atoms with Crippen molar-refractivity contribution in [2.75, 3.05) is 18.0 Å². The molecular weight excluding hydrogens is 196 g/mol. The fourth-order valence-electron chi connectivity index (χ4n) is 1.84. The molecule has 0 saturated heterocycles. The number of anilines is 1. The van der Waals surface area contributed by atoms with Gasteiger partial charge in [0.1, 0.15) is 0 Å². The molecule has 0 aromatic heterocycles. The summed E-state index contributed by atoms with van der Waals surface area (Å²) in [5.41, 5.74) is 8.45. The maximum Gasteiger partial charge on any atom is 0.0366 e. The first kappa shape index (κ1) is 12.8. The third-order valence-electron chi connectivity index (χ3n) is 2.87. The van der Waals surface area contributed by atoms with Gasteiger partial charge in [0.2, 0.25) is 0 Å². The molecule has 0 heterocycles. The van der Waals surface area contributed by atoms with Crippen molar-refractivity contribution in [2.45, 2.75) is 26.3 Å². The summed E-state index contributed by atoms with van der Waals surface area (Å²) in [5.74, 6) is 0. The average Bonchev–Trinajstić information content (AvgIpc) is 2.32. The van der Waals surface area contributed by atoms with E-state index in [9.17, 15) is 0 Å². The highest BCUT2D eigenvalue weighted by Gasteiger charge is 2.05. The molecule has 2 heteroatoms. The van der Waals surface area contributed by atoms with Gasteiger partial charge in [0.05, 0.1) is 0 Å². The summed E-state index contributed by atoms with van der Waals surface area (Å²) >= 11 is 0. The van der Waals surface area contributed by atoms with Crippen molar-refractivity contribution in [3.63, 3.8) is 0 Å². The van der Waals surface area contributed by atoms with Crippen LogP contribution in [0.1, 0.15) is 31.9 Å². The molecular formula is C14H22N2. The van der Waals surface area contributed by atoms with Crippen LogP contribution in [0.5, 0.6) is 0 Å². The van der Waals surface area contributed by atoms with Crippen LogP contribution in [0.2, 0.25) is 0 Å². The largest absolute Gasteiger partial charge is 0.372 e. The molecule has 1 aromatic carbocycles. The van der Waals surface area contributed by atoms with Crippen LogP contribution in [0.4, 0.5) is 5.69 Å². The average molecular weight is 218 g/mol. The Hall–Kier alpha value is -1.28. The standard InChI is InChI=1S/C14H22N2/c1-4-7-14(15)12-8-10-13(11-9-12)16(5-2)6-3/h4,8-11,14H,1,5-7,15H2,2-3H3/t14-/m1/s1. The summed E-state index contributed by atoms with van der Waals surface area (Å²) in [6.45, 7) is 10.1. The van der Waals surface area contributed by atoms with E-state index in [4.69, 9.17) is 5.73 Å². The van der Waals surface area contributed by atoms with Gasteiger partial charge in [-0.25, -0.2) is 0 Å². The maximum atomic E-state index is 6.01. The molecule has 1 aromatic rings. The second-order valence-electron chi connectivity index (χ2n) is 3.89. The van der Waals surface area contributed by atoms with Gasteiger partial charge in [-0.15, -0.1) is 6.58 Å². The lowest BCUT2D eigenvalue weighted by Gasteiger charge is -2.21. The lowest BCUT2D eigenvalue weighted by atomic mass is 10.0. The van der Waals surface area contributed by atoms with Gasteiger partial charge in [-0.3, -0.25) is 0 Å². The molecule has 0 fully saturated rings. The van der Waals surface area contributed by atoms with Gasteiger partial charge >= 0.3 is 0 Å². The second-order valence-corrected chi connectivity index (χ2v) is 3.89. The zero-order valence-corrected chi connectivity index (χ0v) is 10.3. The van der Waals surface area contributed by atoms with Gasteiger partial charge < -0.3 is 10.6 Å². The zero-order chi connectivity index (χ0) is 12.0. The van der Waals surface area contributed by atoms with Crippen LogP contribution >= 0.6 is 0 Å². The molecule has 88 valence electrons. The third kappa shape index (κ3) is 3.11. The minimum atomic E-state index is 0.0725. The highest BCUT2D eigenvalue weighted by Crippen LogP contribution is 2.19. The predicted molar refractivity (Wildman–Crippen MR) is 71.7 cm³/mol. The molecule has 0 radical (unpaired) electrons. The first-order chi connectivity index (χ1) is 7.72. The number of nitrogens with two attached hydrogens (primary N) is 1. The fourth-order valence-corrected chi connectivity index (χ4v) is 1.84. The highest BCUT2D eigenvalue weighted by molar-refractivity contribution is 5.47. The van der Waals surface area contributed by atoms with Crippen LogP contribution in [-0.4, -0.2) is 13.1 Å². The SMILES string of the molecule is C=CC[C@@H](N)c1ccc(N(CC)CC)cc1. The van der Waals surface area contributed by atoms with Gasteiger partial charge in [-0.05, 0) is 38.0 Å². The van der Waals surface area contributed by atoms with E-state index < -0.39 is 0 Å². The molecule has 0 unspecified atom stereocenters. The lowest BCUT2D eigenvalue weighted by molar-refractivity contribution is 0.741. The van der Waals surface area contributed by atoms with Crippen LogP contribution in [0.15, 0.2) is 36.9 Å². The van der Waals surface area contributed by atoms with Crippen LogP contribution in [-0.2, 0) is 0 Å². The highest BCUT2D eigenvalue weighted by atomic mass is 15.1. The van der Waals surface area contributed by atoms with Crippen molar-refractivity contribution in [2.24, 2.45) is 5.73 Å². The number of nitrogens with zero attached hydrogens (tertiary/aromatic N) is 1. The second kappa shape index (κ2) is 6.33. The molecule has 1 rings (SSSR count). The Morgan fingerprint density at radius 1 is 1.25 bits per heavy atom. The van der Waals surface area contributed by atoms with Gasteiger partial charge in [-0.2, -0.15) is 0 Å². The summed E-state index contributed by atoms with van der Waals surface area (Å²) < 4.78 is 0. The Morgan fingerprint density at radius 3 is 2.25 bits per heavy atom. The first-order valence-corrected chi connectivity index (χ1v) is 5.94. The summed E-state index contributed by atoms with van der Waals surface area (Å²) in [4.78, 5) is 2.32. The Bertz CT molecular complexity index is 312. The molecule has 16 heavy (non-hydrogen) atoms. The minimum Gasteiger partial charge on any atom is -0.372 e. The van der Waals surface area contributed by atoms with E-state index in [0.717, 1.165) is 19.5 Å². The smallest absolute Gasteiger partial charge is 0.0366 e. The zero-order valence-electron chi connectivity index (χ0n) is 10.3. The third-order valence-corrected chi connectivity index (χ3v) is 2.87. The van der Waals surface area contributed by atoms with Crippen molar-refractivity contribution in [3.8, 4) is 0 Å². The number of rotatable bonds is 6. The molecule has 2 nitrogen and oxygen atoms in total. The quantitative estimate of drug-likeness (QED) is 0.743. The van der Waals surface area contributed by atoms with E-state index in [1.54, 1.807) is 0 Å². The lowest BCUT2D eigenvalue weighted by Crippen LogP contribution is -2.21. The molecule has 0 saturated carbocycles. The van der Waals surface area contributed by atoms with Crippen molar-refractivity contribution in [1.29, 1.82) is 0 Å². The van der Waals surface area contributed by atoms with Crippen LogP contribution in [0.3, 0.4) is 0 Å². The Morgan fingerprint density at radius 2 is 1.81 bits per heavy atom. The molecule has 0 aliphatic heterocycles. The topological polar surface area (TPSA) is 29.3 Å². The van der Waals surface area contributed by atoms with E-state index in [1.165, 1.54) is 11.3 Å². The van der Waals surface area contributed by atoms with Crippen LogP contribution in [0, 0.1) is 0 Å². The van der Waals surface area contributed by atoms with E-state index in [2.05, 4.69) is 49.6 Å². The van der Waals surface area contributed by atoms with Gasteiger partial charge in [0.25, 0.3) is 0 Å². The Labute approximate surface area is 98.8 Å². The summed E-state index contributed by atoms with van der Waals surface area (Å²) in [5, 5.41) is 0. The molecule has 2 N–H and O–H groups in total. The van der Waals surface area contributed by atoms with Gasteiger partial charge in [0.15, 0.2) is 0 Å². The molecule has 0 spiro atoms. The fraction of sp³-hybridized carbons (Fsp3) is 0.429. The molecule has 0 amide bonds. The van der Waals surface area contributed by atoms with Gasteiger partial charge in [-0.1, -0.05) is 18.2 Å². The summed E-state index contributed by atoms with van der Waals surface area (Å²) in [7, 11) is 0. The van der Waals surface area contributed by atoms with Crippen molar-refractivity contribution >= 4 is 5.69 Å². The number of benzene rings is 1. The molecule has 0 aliphatic rings. The monoisotopic (exact) mass is 218 g/mol. The van der Waals surface area contributed by atoms with Crippen molar-refractivity contribution in [3.05, 3.63) is 42.5 Å². The van der Waals surface area contributed by atoms with E-state index in [-0.39, 0.29) is 6.04 Å². The van der Waals surface area contributed by atoms with Crippen molar-refractivity contribution in [1.82, 2.24) is 0 Å². The Kier molecular flexibility index (Phi) is 5.06. The summed E-state index contributed by atoms with van der Waals surface area (Å²) in [6, 6.07) is 8.59. The molecule has 0 aliphatic carbocycles. The van der Waals surface area contributed by atoms with E-state index in [0.29, 0.717) is 0 Å². The Balaban J connectivity index is 2.77. The van der Waals surface area contributed by atoms with Crippen LogP contribution in [0.25, 0.3) is 0 Å². The maximum absolute atomic E-state index is 6.01. The number of hydrogen-bond donors (Lipinski definition) is 1.